The normalized spacial score (nSPS) is 15.4. The van der Waals surface area contributed by atoms with Gasteiger partial charge in [-0.1, -0.05) is 0 Å². The predicted molar refractivity (Wildman–Crippen MR) is 103 cm³/mol. The van der Waals surface area contributed by atoms with Gasteiger partial charge in [-0.05, 0) is 50.1 Å². The van der Waals surface area contributed by atoms with E-state index in [1.807, 2.05) is 46.7 Å². The van der Waals surface area contributed by atoms with Crippen molar-refractivity contribution in [3.63, 3.8) is 0 Å². The summed E-state index contributed by atoms with van der Waals surface area (Å²) >= 11 is 0. The van der Waals surface area contributed by atoms with E-state index in [4.69, 9.17) is 0 Å². The number of hydrogen-bond donors (Lipinski definition) is 0. The Kier molecular flexibility index (Phi) is 3.96. The molecule has 1 saturated heterocycles. The lowest BCUT2D eigenvalue weighted by molar-refractivity contribution is 0.0711. The summed E-state index contributed by atoms with van der Waals surface area (Å²) in [7, 11) is 0. The molecule has 28 heavy (non-hydrogen) atoms. The molecule has 1 fully saturated rings. The molecule has 0 atom stereocenters. The Bertz CT molecular complexity index is 1180. The van der Waals surface area contributed by atoms with Gasteiger partial charge in [-0.25, -0.2) is 0 Å². The standard InChI is InChI=1S/C20H19N7O/c1-13-2-5-18-23-24-19(27(18)25-13)14-6-10-26(11-7-14)20(28)15-3-4-16-17(12-15)22-9-8-21-16/h2-5,8-9,12,14H,6-7,10-11H2,1H3. The minimum Gasteiger partial charge on any atom is -0.339 e. The first-order valence-corrected chi connectivity index (χ1v) is 9.38. The maximum atomic E-state index is 12.9. The summed E-state index contributed by atoms with van der Waals surface area (Å²) in [5, 5.41) is 13.1. The number of aryl methyl sites for hydroxylation is 1. The largest absolute Gasteiger partial charge is 0.339 e. The van der Waals surface area contributed by atoms with Crippen LogP contribution in [-0.4, -0.2) is 53.7 Å². The Hall–Kier alpha value is -3.42. The molecule has 140 valence electrons. The fourth-order valence-electron chi connectivity index (χ4n) is 3.77. The van der Waals surface area contributed by atoms with Gasteiger partial charge in [0.05, 0.1) is 16.7 Å². The van der Waals surface area contributed by atoms with E-state index in [0.717, 1.165) is 41.0 Å². The molecule has 0 unspecified atom stereocenters. The third-order valence-corrected chi connectivity index (χ3v) is 5.28. The van der Waals surface area contributed by atoms with Gasteiger partial charge in [0.25, 0.3) is 5.91 Å². The molecule has 8 heteroatoms. The second-order valence-corrected chi connectivity index (χ2v) is 7.13. The van der Waals surface area contributed by atoms with Gasteiger partial charge in [-0.2, -0.15) is 9.61 Å². The van der Waals surface area contributed by atoms with Gasteiger partial charge < -0.3 is 4.90 Å². The van der Waals surface area contributed by atoms with E-state index < -0.39 is 0 Å². The van der Waals surface area contributed by atoms with Crippen molar-refractivity contribution in [3.05, 3.63) is 59.8 Å². The Morgan fingerprint density at radius 1 is 1.00 bits per heavy atom. The number of fused-ring (bicyclic) bond motifs is 2. The molecule has 5 rings (SSSR count). The van der Waals surface area contributed by atoms with Crippen molar-refractivity contribution in [1.82, 2.24) is 34.7 Å². The number of aromatic nitrogens is 6. The SMILES string of the molecule is Cc1ccc2nnc(C3CCN(C(=O)c4ccc5nccnc5c4)CC3)n2n1. The van der Waals surface area contributed by atoms with Crippen LogP contribution in [0.2, 0.25) is 0 Å². The molecule has 0 spiro atoms. The molecule has 4 heterocycles. The molecule has 1 aliphatic rings. The van der Waals surface area contributed by atoms with Gasteiger partial charge in [-0.15, -0.1) is 10.2 Å². The van der Waals surface area contributed by atoms with Crippen molar-refractivity contribution in [1.29, 1.82) is 0 Å². The van der Waals surface area contributed by atoms with E-state index in [-0.39, 0.29) is 11.8 Å². The van der Waals surface area contributed by atoms with Gasteiger partial charge in [0.1, 0.15) is 0 Å². The fraction of sp³-hybridized carbons (Fsp3) is 0.300. The lowest BCUT2D eigenvalue weighted by Gasteiger charge is -2.31. The van der Waals surface area contributed by atoms with Gasteiger partial charge in [0, 0.05) is 37.0 Å². The highest BCUT2D eigenvalue weighted by Gasteiger charge is 2.28. The first-order chi connectivity index (χ1) is 13.7. The molecule has 1 amide bonds. The van der Waals surface area contributed by atoms with Crippen LogP contribution in [0.1, 0.15) is 40.6 Å². The zero-order valence-corrected chi connectivity index (χ0v) is 15.5. The number of hydrogen-bond acceptors (Lipinski definition) is 6. The number of carbonyl (C=O) groups excluding carboxylic acids is 1. The molecular formula is C20H19N7O. The average Bonchev–Trinajstić information content (AvgIpc) is 3.16. The van der Waals surface area contributed by atoms with Crippen LogP contribution >= 0.6 is 0 Å². The van der Waals surface area contributed by atoms with Crippen molar-refractivity contribution >= 4 is 22.6 Å². The maximum Gasteiger partial charge on any atom is 0.253 e. The van der Waals surface area contributed by atoms with E-state index in [9.17, 15) is 4.79 Å². The van der Waals surface area contributed by atoms with Crippen LogP contribution in [-0.2, 0) is 0 Å². The highest BCUT2D eigenvalue weighted by Crippen LogP contribution is 2.27. The van der Waals surface area contributed by atoms with Crippen LogP contribution < -0.4 is 0 Å². The summed E-state index contributed by atoms with van der Waals surface area (Å²) in [6.45, 7) is 3.32. The molecule has 0 bridgehead atoms. The number of likely N-dealkylation sites (tertiary alicyclic amines) is 1. The molecular weight excluding hydrogens is 354 g/mol. The molecule has 3 aromatic heterocycles. The van der Waals surface area contributed by atoms with E-state index in [1.165, 1.54) is 0 Å². The zero-order valence-electron chi connectivity index (χ0n) is 15.5. The number of rotatable bonds is 2. The summed E-state index contributed by atoms with van der Waals surface area (Å²) in [5.74, 6) is 1.16. The molecule has 1 aromatic carbocycles. The number of amides is 1. The summed E-state index contributed by atoms with van der Waals surface area (Å²) in [4.78, 5) is 23.4. The van der Waals surface area contributed by atoms with Crippen LogP contribution in [0.15, 0.2) is 42.7 Å². The Balaban J connectivity index is 1.33. The summed E-state index contributed by atoms with van der Waals surface area (Å²) < 4.78 is 1.83. The van der Waals surface area contributed by atoms with Crippen LogP contribution in [0.4, 0.5) is 0 Å². The van der Waals surface area contributed by atoms with Crippen molar-refractivity contribution in [3.8, 4) is 0 Å². The van der Waals surface area contributed by atoms with Gasteiger partial charge >= 0.3 is 0 Å². The summed E-state index contributed by atoms with van der Waals surface area (Å²) in [6.07, 6.45) is 4.98. The maximum absolute atomic E-state index is 12.9. The number of benzene rings is 1. The molecule has 1 aliphatic heterocycles. The lowest BCUT2D eigenvalue weighted by atomic mass is 9.95. The van der Waals surface area contributed by atoms with Crippen molar-refractivity contribution in [2.45, 2.75) is 25.7 Å². The topological polar surface area (TPSA) is 89.2 Å². The van der Waals surface area contributed by atoms with Crippen LogP contribution in [0.25, 0.3) is 16.7 Å². The van der Waals surface area contributed by atoms with Crippen LogP contribution in [0, 0.1) is 6.92 Å². The molecule has 0 N–H and O–H groups in total. The Morgan fingerprint density at radius 2 is 1.79 bits per heavy atom. The highest BCUT2D eigenvalue weighted by molar-refractivity contribution is 5.97. The van der Waals surface area contributed by atoms with Gasteiger partial charge in [0.15, 0.2) is 11.5 Å². The third kappa shape index (κ3) is 2.87. The average molecular weight is 373 g/mol. The molecule has 4 aromatic rings. The van der Waals surface area contributed by atoms with Crippen molar-refractivity contribution in [2.75, 3.05) is 13.1 Å². The number of nitrogens with zero attached hydrogens (tertiary/aromatic N) is 7. The molecule has 0 radical (unpaired) electrons. The van der Waals surface area contributed by atoms with Crippen LogP contribution in [0.3, 0.4) is 0 Å². The minimum atomic E-state index is 0.0334. The summed E-state index contributed by atoms with van der Waals surface area (Å²) in [5.41, 5.74) is 3.87. The van der Waals surface area contributed by atoms with E-state index in [0.29, 0.717) is 18.7 Å². The van der Waals surface area contributed by atoms with Gasteiger partial charge in [-0.3, -0.25) is 14.8 Å². The number of piperidine rings is 1. The van der Waals surface area contributed by atoms with E-state index in [1.54, 1.807) is 12.4 Å². The Labute approximate surface area is 161 Å². The molecule has 0 saturated carbocycles. The van der Waals surface area contributed by atoms with E-state index in [2.05, 4.69) is 25.3 Å². The molecule has 0 aliphatic carbocycles. The predicted octanol–water partition coefficient (Wildman–Crippen LogP) is 2.40. The van der Waals surface area contributed by atoms with Crippen LogP contribution in [0.5, 0.6) is 0 Å². The highest BCUT2D eigenvalue weighted by atomic mass is 16.2. The van der Waals surface area contributed by atoms with E-state index >= 15 is 0 Å². The zero-order chi connectivity index (χ0) is 19.1. The summed E-state index contributed by atoms with van der Waals surface area (Å²) in [6, 6.07) is 9.35. The quantitative estimate of drug-likeness (QED) is 0.536. The van der Waals surface area contributed by atoms with Gasteiger partial charge in [0.2, 0.25) is 0 Å². The second-order valence-electron chi connectivity index (χ2n) is 7.13. The number of carbonyl (C=O) groups is 1. The van der Waals surface area contributed by atoms with Crippen molar-refractivity contribution < 1.29 is 4.79 Å². The third-order valence-electron chi connectivity index (χ3n) is 5.28. The first kappa shape index (κ1) is 16.7. The smallest absolute Gasteiger partial charge is 0.253 e. The fourth-order valence-corrected chi connectivity index (χ4v) is 3.77. The first-order valence-electron chi connectivity index (χ1n) is 9.38. The monoisotopic (exact) mass is 373 g/mol. The lowest BCUT2D eigenvalue weighted by Crippen LogP contribution is -2.38. The second kappa shape index (κ2) is 6.63. The minimum absolute atomic E-state index is 0.0334. The van der Waals surface area contributed by atoms with Crippen molar-refractivity contribution in [2.24, 2.45) is 0 Å². The Morgan fingerprint density at radius 3 is 2.61 bits per heavy atom. The molecule has 8 nitrogen and oxygen atoms in total.